The van der Waals surface area contributed by atoms with Crippen molar-refractivity contribution in [2.24, 2.45) is 4.99 Å². The molecule has 0 bridgehead atoms. The number of furan rings is 1. The zero-order valence-electron chi connectivity index (χ0n) is 11.7. The molecular formula is C13H12Cl2N4O3S. The topological polar surface area (TPSA) is 84.8 Å². The fraction of sp³-hybridized carbons (Fsp3) is 0.231. The maximum absolute atomic E-state index is 11.4. The highest BCUT2D eigenvalue weighted by molar-refractivity contribution is 7.15. The van der Waals surface area contributed by atoms with Gasteiger partial charge < -0.3 is 9.32 Å². The molecule has 0 saturated carbocycles. The average molecular weight is 375 g/mol. The van der Waals surface area contributed by atoms with Crippen LogP contribution >= 0.6 is 35.3 Å². The Balaban J connectivity index is 0.00000192. The third kappa shape index (κ3) is 4.10. The van der Waals surface area contributed by atoms with Gasteiger partial charge in [0.05, 0.1) is 30.4 Å². The summed E-state index contributed by atoms with van der Waals surface area (Å²) in [4.78, 5) is 21.9. The van der Waals surface area contributed by atoms with Gasteiger partial charge in [-0.15, -0.1) is 23.7 Å². The Bertz CT molecular complexity index is 742. The molecule has 0 amide bonds. The number of hydrogen-bond donors (Lipinski definition) is 0. The standard InChI is InChI=1S/C13H11ClN4O3S.ClH/c14-13-16-7-10(22-13)8-17-4-3-15-12(17)11(18(19)20)6-9-2-1-5-21-9;/h1-2,5-7H,3-4,8H2;1H/b11-6-;. The van der Waals surface area contributed by atoms with E-state index in [-0.39, 0.29) is 18.1 Å². The van der Waals surface area contributed by atoms with Crippen molar-refractivity contribution >= 4 is 47.3 Å². The smallest absolute Gasteiger partial charge is 0.314 e. The van der Waals surface area contributed by atoms with Gasteiger partial charge in [0.2, 0.25) is 5.84 Å². The van der Waals surface area contributed by atoms with Gasteiger partial charge in [-0.1, -0.05) is 11.6 Å². The fourth-order valence-corrected chi connectivity index (χ4v) is 3.12. The minimum Gasteiger partial charge on any atom is -0.465 e. The number of aliphatic imine (C=N–C) groups is 1. The molecule has 0 spiro atoms. The molecule has 2 aromatic heterocycles. The number of nitro groups is 1. The lowest BCUT2D eigenvalue weighted by atomic mass is 10.3. The van der Waals surface area contributed by atoms with E-state index in [4.69, 9.17) is 16.0 Å². The molecule has 1 aliphatic rings. The predicted molar refractivity (Wildman–Crippen MR) is 90.8 cm³/mol. The maximum Gasteiger partial charge on any atom is 0.314 e. The minimum absolute atomic E-state index is 0. The van der Waals surface area contributed by atoms with Crippen molar-refractivity contribution in [3.8, 4) is 0 Å². The Labute approximate surface area is 146 Å². The Hall–Kier alpha value is -1.90. The van der Waals surface area contributed by atoms with Gasteiger partial charge >= 0.3 is 5.70 Å². The van der Waals surface area contributed by atoms with Crippen LogP contribution in [0.3, 0.4) is 0 Å². The molecular weight excluding hydrogens is 363 g/mol. The first kappa shape index (κ1) is 17.5. The molecule has 122 valence electrons. The van der Waals surface area contributed by atoms with Crippen LogP contribution in [0.4, 0.5) is 0 Å². The van der Waals surface area contributed by atoms with Crippen molar-refractivity contribution in [3.63, 3.8) is 0 Å². The second-order valence-corrected chi connectivity index (χ2v) is 6.21. The van der Waals surface area contributed by atoms with E-state index < -0.39 is 4.92 Å². The molecule has 7 nitrogen and oxygen atoms in total. The van der Waals surface area contributed by atoms with Crippen LogP contribution in [0.15, 0.2) is 39.7 Å². The highest BCUT2D eigenvalue weighted by Crippen LogP contribution is 2.22. The minimum atomic E-state index is -0.445. The lowest BCUT2D eigenvalue weighted by molar-refractivity contribution is -0.414. The third-order valence-corrected chi connectivity index (χ3v) is 4.15. The average Bonchev–Trinajstić information content (AvgIpc) is 3.19. The van der Waals surface area contributed by atoms with Gasteiger partial charge in [-0.05, 0) is 12.1 Å². The SMILES string of the molecule is Cl.O=[N+]([O-])/C(=C\c1ccco1)C1=NCCN1Cc1cnc(Cl)s1. The van der Waals surface area contributed by atoms with Gasteiger partial charge in [-0.25, -0.2) is 4.98 Å². The van der Waals surface area contributed by atoms with Crippen LogP contribution in [-0.4, -0.2) is 33.7 Å². The third-order valence-electron chi connectivity index (χ3n) is 3.05. The number of halogens is 2. The molecule has 0 N–H and O–H groups in total. The quantitative estimate of drug-likeness (QED) is 0.591. The Kier molecular flexibility index (Phi) is 5.75. The molecule has 0 radical (unpaired) electrons. The first-order chi connectivity index (χ1) is 10.6. The van der Waals surface area contributed by atoms with E-state index in [9.17, 15) is 10.1 Å². The summed E-state index contributed by atoms with van der Waals surface area (Å²) in [5.74, 6) is 0.771. The van der Waals surface area contributed by atoms with E-state index in [2.05, 4.69) is 9.98 Å². The molecule has 23 heavy (non-hydrogen) atoms. The molecule has 10 heteroatoms. The lowest BCUT2D eigenvalue weighted by Crippen LogP contribution is -2.30. The number of nitrogens with zero attached hydrogens (tertiary/aromatic N) is 4. The van der Waals surface area contributed by atoms with E-state index in [1.165, 1.54) is 23.7 Å². The van der Waals surface area contributed by atoms with Crippen molar-refractivity contribution in [2.45, 2.75) is 6.54 Å². The summed E-state index contributed by atoms with van der Waals surface area (Å²) in [5.41, 5.74) is -0.0805. The monoisotopic (exact) mass is 374 g/mol. The number of rotatable bonds is 5. The van der Waals surface area contributed by atoms with E-state index in [1.54, 1.807) is 18.3 Å². The van der Waals surface area contributed by atoms with Crippen LogP contribution in [0.2, 0.25) is 4.47 Å². The van der Waals surface area contributed by atoms with Crippen LogP contribution in [0, 0.1) is 10.1 Å². The summed E-state index contributed by atoms with van der Waals surface area (Å²) >= 11 is 7.17. The van der Waals surface area contributed by atoms with Crippen LogP contribution in [0.5, 0.6) is 0 Å². The normalized spacial score (nSPS) is 14.6. The van der Waals surface area contributed by atoms with E-state index in [0.29, 0.717) is 35.7 Å². The first-order valence-corrected chi connectivity index (χ1v) is 7.62. The molecule has 0 aliphatic carbocycles. The maximum atomic E-state index is 11.4. The van der Waals surface area contributed by atoms with Gasteiger partial charge in [0, 0.05) is 17.6 Å². The molecule has 1 aliphatic heterocycles. The van der Waals surface area contributed by atoms with E-state index in [0.717, 1.165) is 4.88 Å². The molecule has 3 heterocycles. The largest absolute Gasteiger partial charge is 0.465 e. The van der Waals surface area contributed by atoms with Crippen LogP contribution in [-0.2, 0) is 6.54 Å². The number of thiazole rings is 1. The first-order valence-electron chi connectivity index (χ1n) is 6.43. The molecule has 0 fully saturated rings. The summed E-state index contributed by atoms with van der Waals surface area (Å²) in [6.07, 6.45) is 4.53. The van der Waals surface area contributed by atoms with Crippen molar-refractivity contribution < 1.29 is 9.34 Å². The van der Waals surface area contributed by atoms with Crippen LogP contribution in [0.25, 0.3) is 6.08 Å². The van der Waals surface area contributed by atoms with Crippen molar-refractivity contribution in [2.75, 3.05) is 13.1 Å². The van der Waals surface area contributed by atoms with Gasteiger partial charge in [-0.2, -0.15) is 0 Å². The molecule has 0 aromatic carbocycles. The van der Waals surface area contributed by atoms with Gasteiger partial charge in [-0.3, -0.25) is 15.1 Å². The van der Waals surface area contributed by atoms with Crippen molar-refractivity contribution in [1.29, 1.82) is 0 Å². The Morgan fingerprint density at radius 2 is 2.43 bits per heavy atom. The Morgan fingerprint density at radius 1 is 1.61 bits per heavy atom. The molecule has 0 unspecified atom stereocenters. The molecule has 0 atom stereocenters. The van der Waals surface area contributed by atoms with E-state index in [1.807, 2.05) is 4.90 Å². The zero-order chi connectivity index (χ0) is 15.5. The zero-order valence-corrected chi connectivity index (χ0v) is 14.1. The highest BCUT2D eigenvalue weighted by Gasteiger charge is 2.29. The van der Waals surface area contributed by atoms with E-state index >= 15 is 0 Å². The lowest BCUT2D eigenvalue weighted by Gasteiger charge is -2.17. The summed E-state index contributed by atoms with van der Waals surface area (Å²) in [6, 6.07) is 3.34. The van der Waals surface area contributed by atoms with Gasteiger partial charge in [0.25, 0.3) is 0 Å². The highest BCUT2D eigenvalue weighted by atomic mass is 35.5. The fourth-order valence-electron chi connectivity index (χ4n) is 2.13. The summed E-state index contributed by atoms with van der Waals surface area (Å²) in [7, 11) is 0. The predicted octanol–water partition coefficient (Wildman–Crippen LogP) is 3.34. The van der Waals surface area contributed by atoms with Crippen LogP contribution in [0.1, 0.15) is 10.6 Å². The number of amidine groups is 1. The summed E-state index contributed by atoms with van der Waals surface area (Å²) in [6.45, 7) is 1.63. The molecule has 3 rings (SSSR count). The Morgan fingerprint density at radius 3 is 3.04 bits per heavy atom. The summed E-state index contributed by atoms with van der Waals surface area (Å²) < 4.78 is 5.60. The second-order valence-electron chi connectivity index (χ2n) is 4.51. The number of aromatic nitrogens is 1. The second kappa shape index (κ2) is 7.58. The molecule has 0 saturated heterocycles. The number of hydrogen-bond acceptors (Lipinski definition) is 7. The van der Waals surface area contributed by atoms with Gasteiger partial charge in [0.1, 0.15) is 5.76 Å². The molecule has 2 aromatic rings. The van der Waals surface area contributed by atoms with Gasteiger partial charge in [0.15, 0.2) is 4.47 Å². The van der Waals surface area contributed by atoms with Crippen LogP contribution < -0.4 is 0 Å². The summed E-state index contributed by atoms with van der Waals surface area (Å²) in [5, 5.41) is 11.4. The van der Waals surface area contributed by atoms with Crippen molar-refractivity contribution in [3.05, 3.63) is 55.5 Å². The van der Waals surface area contributed by atoms with Crippen molar-refractivity contribution in [1.82, 2.24) is 9.88 Å².